The number of carbonyl (C=O) groups excluding carboxylic acids is 4. The summed E-state index contributed by atoms with van der Waals surface area (Å²) in [4.78, 5) is 46.4. The molecule has 6 nitrogen and oxygen atoms in total. The summed E-state index contributed by atoms with van der Waals surface area (Å²) in [6.07, 6.45) is 2.41. The van der Waals surface area contributed by atoms with Crippen LogP contribution >= 0.6 is 0 Å². The van der Waals surface area contributed by atoms with Crippen LogP contribution in [-0.4, -0.2) is 49.3 Å². The van der Waals surface area contributed by atoms with Gasteiger partial charge in [0.05, 0.1) is 11.6 Å². The summed E-state index contributed by atoms with van der Waals surface area (Å²) in [7, 11) is 1.49. The van der Waals surface area contributed by atoms with E-state index in [-0.39, 0.29) is 24.0 Å². The number of hydrogen-bond acceptors (Lipinski definition) is 5. The molecule has 0 spiro atoms. The maximum absolute atomic E-state index is 12.5. The van der Waals surface area contributed by atoms with Gasteiger partial charge in [-0.15, -0.1) is 0 Å². The van der Waals surface area contributed by atoms with Gasteiger partial charge in [-0.3, -0.25) is 9.59 Å². The van der Waals surface area contributed by atoms with E-state index in [4.69, 9.17) is 0 Å². The number of aldehydes is 3. The Labute approximate surface area is 129 Å². The third kappa shape index (κ3) is 4.25. The molecule has 0 fully saturated rings. The lowest BCUT2D eigenvalue weighted by Crippen LogP contribution is -2.38. The average Bonchev–Trinajstić information content (AvgIpc) is 2.54. The quantitative estimate of drug-likeness (QED) is 0.700. The summed E-state index contributed by atoms with van der Waals surface area (Å²) in [5.41, 5.74) is 1.24. The molecule has 1 unspecified atom stereocenters. The zero-order valence-electron chi connectivity index (χ0n) is 12.7. The highest BCUT2D eigenvalue weighted by molar-refractivity contribution is 6.02. The van der Waals surface area contributed by atoms with Gasteiger partial charge in [-0.25, -0.2) is 0 Å². The standard InChI is InChI=1S/C16H20N2O4/c1-3-17-13-6-7-15(12(9-13)10-20)16(22)18(2)14(11-21)5-4-8-19/h6-11,14,17H,3-5H2,1-2H3. The van der Waals surface area contributed by atoms with Crippen molar-refractivity contribution in [1.29, 1.82) is 0 Å². The fourth-order valence-electron chi connectivity index (χ4n) is 2.10. The highest BCUT2D eigenvalue weighted by Gasteiger charge is 2.22. The lowest BCUT2D eigenvalue weighted by molar-refractivity contribution is -0.112. The molecule has 0 aliphatic carbocycles. The number of nitrogens with zero attached hydrogens (tertiary/aromatic N) is 1. The van der Waals surface area contributed by atoms with Gasteiger partial charge < -0.3 is 19.8 Å². The highest BCUT2D eigenvalue weighted by atomic mass is 16.2. The first-order valence-electron chi connectivity index (χ1n) is 7.08. The van der Waals surface area contributed by atoms with Crippen molar-refractivity contribution in [3.05, 3.63) is 29.3 Å². The summed E-state index contributed by atoms with van der Waals surface area (Å²) in [6.45, 7) is 2.62. The van der Waals surface area contributed by atoms with E-state index in [1.165, 1.54) is 11.9 Å². The molecule has 0 saturated carbocycles. The minimum absolute atomic E-state index is 0.195. The second kappa shape index (κ2) is 8.71. The molecule has 0 heterocycles. The van der Waals surface area contributed by atoms with Crippen molar-refractivity contribution in [2.75, 3.05) is 18.9 Å². The van der Waals surface area contributed by atoms with Crippen LogP contribution in [0.1, 0.15) is 40.5 Å². The molecule has 0 aliphatic rings. The minimum atomic E-state index is -0.689. The SMILES string of the molecule is CCNc1ccc(C(=O)N(C)C(C=O)CCC=O)c(C=O)c1. The van der Waals surface area contributed by atoms with Crippen LogP contribution in [0.25, 0.3) is 0 Å². The molecule has 0 radical (unpaired) electrons. The Hall–Kier alpha value is -2.50. The van der Waals surface area contributed by atoms with Gasteiger partial charge in [-0.05, 0) is 31.5 Å². The van der Waals surface area contributed by atoms with Crippen LogP contribution in [0.5, 0.6) is 0 Å². The molecule has 6 heteroatoms. The predicted molar refractivity (Wildman–Crippen MR) is 83.2 cm³/mol. The zero-order valence-corrected chi connectivity index (χ0v) is 12.7. The summed E-state index contributed by atoms with van der Waals surface area (Å²) in [5, 5.41) is 3.06. The van der Waals surface area contributed by atoms with E-state index in [0.29, 0.717) is 25.4 Å². The maximum atomic E-state index is 12.5. The van der Waals surface area contributed by atoms with Crippen molar-refractivity contribution >= 4 is 30.5 Å². The number of anilines is 1. The monoisotopic (exact) mass is 304 g/mol. The third-order valence-electron chi connectivity index (χ3n) is 3.35. The first kappa shape index (κ1) is 17.6. The summed E-state index contributed by atoms with van der Waals surface area (Å²) in [5.74, 6) is -0.423. The third-order valence-corrected chi connectivity index (χ3v) is 3.35. The fourth-order valence-corrected chi connectivity index (χ4v) is 2.10. The van der Waals surface area contributed by atoms with Crippen LogP contribution in [-0.2, 0) is 9.59 Å². The summed E-state index contributed by atoms with van der Waals surface area (Å²) >= 11 is 0. The van der Waals surface area contributed by atoms with Gasteiger partial charge in [-0.1, -0.05) is 0 Å². The van der Waals surface area contributed by atoms with Gasteiger partial charge in [-0.2, -0.15) is 0 Å². The lowest BCUT2D eigenvalue weighted by atomic mass is 10.0. The Morgan fingerprint density at radius 3 is 2.59 bits per heavy atom. The van der Waals surface area contributed by atoms with Gasteiger partial charge in [0, 0.05) is 31.3 Å². The number of benzene rings is 1. The van der Waals surface area contributed by atoms with Crippen LogP contribution in [0.3, 0.4) is 0 Å². The Balaban J connectivity index is 3.02. The second-order valence-corrected chi connectivity index (χ2v) is 4.81. The second-order valence-electron chi connectivity index (χ2n) is 4.81. The van der Waals surface area contributed by atoms with E-state index < -0.39 is 11.9 Å². The molecule has 118 valence electrons. The highest BCUT2D eigenvalue weighted by Crippen LogP contribution is 2.17. The molecular weight excluding hydrogens is 284 g/mol. The molecule has 1 aromatic carbocycles. The minimum Gasteiger partial charge on any atom is -0.385 e. The molecule has 0 aliphatic heterocycles. The average molecular weight is 304 g/mol. The largest absolute Gasteiger partial charge is 0.385 e. The molecule has 1 atom stereocenters. The van der Waals surface area contributed by atoms with Gasteiger partial charge in [0.25, 0.3) is 5.91 Å². The van der Waals surface area contributed by atoms with Crippen LogP contribution < -0.4 is 5.32 Å². The summed E-state index contributed by atoms with van der Waals surface area (Å²) < 4.78 is 0. The normalized spacial score (nSPS) is 11.4. The molecule has 0 bridgehead atoms. The molecular formula is C16H20N2O4. The van der Waals surface area contributed by atoms with E-state index in [1.807, 2.05) is 6.92 Å². The first-order valence-corrected chi connectivity index (χ1v) is 7.08. The van der Waals surface area contributed by atoms with Crippen molar-refractivity contribution in [1.82, 2.24) is 4.90 Å². The number of nitrogens with one attached hydrogen (secondary N) is 1. The van der Waals surface area contributed by atoms with Crippen molar-refractivity contribution in [2.24, 2.45) is 0 Å². The number of likely N-dealkylation sites (N-methyl/N-ethyl adjacent to an activating group) is 1. The number of rotatable bonds is 9. The van der Waals surface area contributed by atoms with Gasteiger partial charge in [0.2, 0.25) is 0 Å². The predicted octanol–water partition coefficient (Wildman–Crippen LogP) is 1.55. The maximum Gasteiger partial charge on any atom is 0.254 e. The topological polar surface area (TPSA) is 83.6 Å². The van der Waals surface area contributed by atoms with Crippen molar-refractivity contribution in [2.45, 2.75) is 25.8 Å². The Morgan fingerprint density at radius 2 is 2.05 bits per heavy atom. The van der Waals surface area contributed by atoms with Crippen LogP contribution in [0.15, 0.2) is 18.2 Å². The molecule has 22 heavy (non-hydrogen) atoms. The fraction of sp³-hybridized carbons (Fsp3) is 0.375. The molecule has 1 aromatic rings. The van der Waals surface area contributed by atoms with Gasteiger partial charge >= 0.3 is 0 Å². The molecule has 1 amide bonds. The number of hydrogen-bond donors (Lipinski definition) is 1. The molecule has 1 rings (SSSR count). The van der Waals surface area contributed by atoms with Crippen molar-refractivity contribution in [3.63, 3.8) is 0 Å². The van der Waals surface area contributed by atoms with Gasteiger partial charge in [0.15, 0.2) is 6.29 Å². The molecule has 0 aromatic heterocycles. The van der Waals surface area contributed by atoms with E-state index in [0.717, 1.165) is 5.69 Å². The van der Waals surface area contributed by atoms with E-state index in [9.17, 15) is 19.2 Å². The van der Waals surface area contributed by atoms with E-state index in [1.54, 1.807) is 18.2 Å². The van der Waals surface area contributed by atoms with Crippen LogP contribution in [0.2, 0.25) is 0 Å². The summed E-state index contributed by atoms with van der Waals surface area (Å²) in [6, 6.07) is 4.17. The number of amides is 1. The van der Waals surface area contributed by atoms with Gasteiger partial charge in [0.1, 0.15) is 12.6 Å². The first-order chi connectivity index (χ1) is 10.6. The molecule has 0 saturated heterocycles. The zero-order chi connectivity index (χ0) is 16.5. The van der Waals surface area contributed by atoms with E-state index in [2.05, 4.69) is 5.32 Å². The lowest BCUT2D eigenvalue weighted by Gasteiger charge is -2.24. The smallest absolute Gasteiger partial charge is 0.254 e. The van der Waals surface area contributed by atoms with E-state index >= 15 is 0 Å². The number of carbonyl (C=O) groups is 4. The Morgan fingerprint density at radius 1 is 1.32 bits per heavy atom. The van der Waals surface area contributed by atoms with Crippen LogP contribution in [0.4, 0.5) is 5.69 Å². The van der Waals surface area contributed by atoms with Crippen molar-refractivity contribution in [3.8, 4) is 0 Å². The Bertz CT molecular complexity index is 557. The molecule has 1 N–H and O–H groups in total. The Kier molecular flexibility index (Phi) is 6.95. The van der Waals surface area contributed by atoms with Crippen LogP contribution in [0, 0.1) is 0 Å². The van der Waals surface area contributed by atoms with Crippen molar-refractivity contribution < 1.29 is 19.2 Å².